The largest absolute Gasteiger partial charge is 0.464 e. The Kier molecular flexibility index (Phi) is 5.21. The fraction of sp³-hybridized carbons (Fsp3) is 0.250. The van der Waals surface area contributed by atoms with Crippen molar-refractivity contribution in [3.8, 4) is 11.3 Å². The number of esters is 1. The van der Waals surface area contributed by atoms with Crippen molar-refractivity contribution in [2.75, 3.05) is 7.11 Å². The van der Waals surface area contributed by atoms with Crippen LogP contribution in [0.25, 0.3) is 23.4 Å². The molecule has 140 valence electrons. The summed E-state index contributed by atoms with van der Waals surface area (Å²) >= 11 is 0. The van der Waals surface area contributed by atoms with Crippen LogP contribution in [0.3, 0.4) is 0 Å². The molecule has 0 aliphatic carbocycles. The normalized spacial score (nSPS) is 11.3. The number of halogens is 1. The number of methoxy groups -OCH3 is 1. The smallest absolute Gasteiger partial charge is 0.356 e. The molecule has 0 bridgehead atoms. The average Bonchev–Trinajstić information content (AvgIpc) is 3.19. The predicted octanol–water partition coefficient (Wildman–Crippen LogP) is 4.04. The third-order valence-electron chi connectivity index (χ3n) is 4.34. The summed E-state index contributed by atoms with van der Waals surface area (Å²) in [6.45, 7) is 3.76. The van der Waals surface area contributed by atoms with E-state index >= 15 is 0 Å². The van der Waals surface area contributed by atoms with Crippen molar-refractivity contribution in [3.63, 3.8) is 0 Å². The molecule has 0 unspecified atom stereocenters. The van der Waals surface area contributed by atoms with Gasteiger partial charge in [0.05, 0.1) is 12.8 Å². The Morgan fingerprint density at radius 3 is 2.63 bits per heavy atom. The maximum absolute atomic E-state index is 13.2. The summed E-state index contributed by atoms with van der Waals surface area (Å²) in [5.41, 5.74) is 4.05. The van der Waals surface area contributed by atoms with Gasteiger partial charge in [0.1, 0.15) is 23.0 Å². The van der Waals surface area contributed by atoms with E-state index in [1.165, 1.54) is 23.9 Å². The van der Waals surface area contributed by atoms with Crippen LogP contribution in [0.15, 0.2) is 28.8 Å². The van der Waals surface area contributed by atoms with Crippen molar-refractivity contribution in [2.24, 2.45) is 7.05 Å². The number of hydrogen-bond acceptors (Lipinski definition) is 5. The van der Waals surface area contributed by atoms with E-state index in [4.69, 9.17) is 9.26 Å². The molecule has 0 aliphatic rings. The SMILES string of the molecule is CCc1c(C=Cc2c(-c3ccc(F)cc3)noc2C)nn(C)c1C(=O)OC. The second-order valence-electron chi connectivity index (χ2n) is 6.02. The number of carbonyl (C=O) groups excluding carboxylic acids is 1. The fourth-order valence-electron chi connectivity index (χ4n) is 2.98. The van der Waals surface area contributed by atoms with Crippen LogP contribution in [0, 0.1) is 12.7 Å². The summed E-state index contributed by atoms with van der Waals surface area (Å²) in [7, 11) is 3.05. The van der Waals surface area contributed by atoms with Crippen molar-refractivity contribution < 1.29 is 18.4 Å². The maximum Gasteiger partial charge on any atom is 0.356 e. The molecule has 2 heterocycles. The second kappa shape index (κ2) is 7.57. The first-order chi connectivity index (χ1) is 13.0. The zero-order chi connectivity index (χ0) is 19.6. The number of rotatable bonds is 5. The summed E-state index contributed by atoms with van der Waals surface area (Å²) in [6.07, 6.45) is 4.29. The molecule has 0 amide bonds. The number of aromatic nitrogens is 3. The van der Waals surface area contributed by atoms with Gasteiger partial charge < -0.3 is 9.26 Å². The van der Waals surface area contributed by atoms with Crippen LogP contribution in [-0.4, -0.2) is 28.0 Å². The maximum atomic E-state index is 13.2. The summed E-state index contributed by atoms with van der Waals surface area (Å²) in [6, 6.07) is 6.06. The molecule has 3 aromatic rings. The summed E-state index contributed by atoms with van der Waals surface area (Å²) < 4.78 is 24.9. The molecule has 0 aliphatic heterocycles. The van der Waals surface area contributed by atoms with E-state index in [0.717, 1.165) is 16.7 Å². The van der Waals surface area contributed by atoms with Gasteiger partial charge in [-0.1, -0.05) is 12.1 Å². The Labute approximate surface area is 156 Å². The Morgan fingerprint density at radius 2 is 2.00 bits per heavy atom. The molecule has 2 aromatic heterocycles. The van der Waals surface area contributed by atoms with Gasteiger partial charge in [-0.2, -0.15) is 5.10 Å². The molecule has 27 heavy (non-hydrogen) atoms. The van der Waals surface area contributed by atoms with E-state index in [1.54, 1.807) is 26.1 Å². The Hall–Kier alpha value is -3.22. The number of benzene rings is 1. The highest BCUT2D eigenvalue weighted by atomic mass is 19.1. The van der Waals surface area contributed by atoms with Gasteiger partial charge in [0.2, 0.25) is 0 Å². The molecular weight excluding hydrogens is 349 g/mol. The number of aryl methyl sites for hydroxylation is 2. The highest BCUT2D eigenvalue weighted by Gasteiger charge is 2.20. The molecule has 0 atom stereocenters. The summed E-state index contributed by atoms with van der Waals surface area (Å²) in [5.74, 6) is -0.102. The zero-order valence-electron chi connectivity index (χ0n) is 15.6. The minimum atomic E-state index is -0.422. The molecule has 0 fully saturated rings. The molecule has 0 saturated heterocycles. The van der Waals surface area contributed by atoms with Crippen LogP contribution in [-0.2, 0) is 18.2 Å². The van der Waals surface area contributed by atoms with Crippen LogP contribution in [0.1, 0.15) is 40.0 Å². The third kappa shape index (κ3) is 3.53. The predicted molar refractivity (Wildman–Crippen MR) is 99.5 cm³/mol. The van der Waals surface area contributed by atoms with Gasteiger partial charge >= 0.3 is 5.97 Å². The number of ether oxygens (including phenoxy) is 1. The monoisotopic (exact) mass is 369 g/mol. The molecule has 0 radical (unpaired) electrons. The van der Waals surface area contributed by atoms with Crippen molar-refractivity contribution in [2.45, 2.75) is 20.3 Å². The van der Waals surface area contributed by atoms with Gasteiger partial charge in [-0.05, 0) is 49.8 Å². The highest BCUT2D eigenvalue weighted by molar-refractivity contribution is 5.91. The van der Waals surface area contributed by atoms with E-state index < -0.39 is 5.97 Å². The van der Waals surface area contributed by atoms with Crippen LogP contribution < -0.4 is 0 Å². The number of hydrogen-bond donors (Lipinski definition) is 0. The molecule has 0 saturated carbocycles. The highest BCUT2D eigenvalue weighted by Crippen LogP contribution is 2.28. The molecule has 3 rings (SSSR count). The second-order valence-corrected chi connectivity index (χ2v) is 6.02. The van der Waals surface area contributed by atoms with E-state index in [-0.39, 0.29) is 5.82 Å². The van der Waals surface area contributed by atoms with Crippen LogP contribution in [0.4, 0.5) is 4.39 Å². The average molecular weight is 369 g/mol. The number of nitrogens with zero attached hydrogens (tertiary/aromatic N) is 3. The molecule has 0 spiro atoms. The first-order valence-electron chi connectivity index (χ1n) is 8.50. The molecule has 0 N–H and O–H groups in total. The molecule has 1 aromatic carbocycles. The van der Waals surface area contributed by atoms with Gasteiger partial charge in [-0.3, -0.25) is 4.68 Å². The molecule has 7 heteroatoms. The summed E-state index contributed by atoms with van der Waals surface area (Å²) in [5, 5.41) is 8.51. The summed E-state index contributed by atoms with van der Waals surface area (Å²) in [4.78, 5) is 12.0. The Morgan fingerprint density at radius 1 is 1.30 bits per heavy atom. The van der Waals surface area contributed by atoms with Gasteiger partial charge in [-0.15, -0.1) is 0 Å². The van der Waals surface area contributed by atoms with E-state index in [0.29, 0.717) is 29.3 Å². The fourth-order valence-corrected chi connectivity index (χ4v) is 2.98. The minimum Gasteiger partial charge on any atom is -0.464 e. The van der Waals surface area contributed by atoms with Crippen LogP contribution >= 0.6 is 0 Å². The van der Waals surface area contributed by atoms with Crippen molar-refractivity contribution in [3.05, 3.63) is 58.4 Å². The quantitative estimate of drug-likeness (QED) is 0.635. The van der Waals surface area contributed by atoms with Gasteiger partial charge in [0.25, 0.3) is 0 Å². The van der Waals surface area contributed by atoms with Crippen LogP contribution in [0.2, 0.25) is 0 Å². The topological polar surface area (TPSA) is 70.2 Å². The first kappa shape index (κ1) is 18.6. The minimum absolute atomic E-state index is 0.313. The van der Waals surface area contributed by atoms with Crippen LogP contribution in [0.5, 0.6) is 0 Å². The third-order valence-corrected chi connectivity index (χ3v) is 4.34. The lowest BCUT2D eigenvalue weighted by Gasteiger charge is -2.01. The first-order valence-corrected chi connectivity index (χ1v) is 8.50. The standard InChI is InChI=1S/C20H20FN3O3/c1-5-15-17(22-24(3)19(15)20(25)26-4)11-10-16-12(2)27-23-18(16)13-6-8-14(21)9-7-13/h6-11H,5H2,1-4H3. The van der Waals surface area contributed by atoms with E-state index in [2.05, 4.69) is 10.3 Å². The Bertz CT molecular complexity index is 1000. The van der Waals surface area contributed by atoms with E-state index in [1.807, 2.05) is 19.1 Å². The number of carbonyl (C=O) groups is 1. The van der Waals surface area contributed by atoms with Crippen molar-refractivity contribution >= 4 is 18.1 Å². The van der Waals surface area contributed by atoms with E-state index in [9.17, 15) is 9.18 Å². The molecule has 6 nitrogen and oxygen atoms in total. The zero-order valence-corrected chi connectivity index (χ0v) is 15.6. The Balaban J connectivity index is 2.02. The molecular formula is C20H20FN3O3. The van der Waals surface area contributed by atoms with Gasteiger partial charge in [-0.25, -0.2) is 9.18 Å². The lowest BCUT2D eigenvalue weighted by atomic mass is 10.0. The van der Waals surface area contributed by atoms with Gasteiger partial charge in [0, 0.05) is 23.7 Å². The van der Waals surface area contributed by atoms with Crippen molar-refractivity contribution in [1.82, 2.24) is 14.9 Å². The lowest BCUT2D eigenvalue weighted by molar-refractivity contribution is 0.0587. The van der Waals surface area contributed by atoms with Crippen molar-refractivity contribution in [1.29, 1.82) is 0 Å². The lowest BCUT2D eigenvalue weighted by Crippen LogP contribution is -2.10. The van der Waals surface area contributed by atoms with Gasteiger partial charge in [0.15, 0.2) is 0 Å².